The van der Waals surface area contributed by atoms with Gasteiger partial charge in [-0.25, -0.2) is 4.39 Å². The Morgan fingerprint density at radius 2 is 1.90 bits per heavy atom. The topological polar surface area (TPSA) is 81.5 Å². The highest BCUT2D eigenvalue weighted by atomic mass is 35.5. The van der Waals surface area contributed by atoms with Gasteiger partial charge in [-0.3, -0.25) is 14.9 Å². The van der Waals surface area contributed by atoms with E-state index in [1.54, 1.807) is 30.3 Å². The zero-order valence-corrected chi connectivity index (χ0v) is 16.6. The summed E-state index contributed by atoms with van der Waals surface area (Å²) in [6.07, 6.45) is 0. The second-order valence-electron chi connectivity index (χ2n) is 5.77. The summed E-state index contributed by atoms with van der Waals surface area (Å²) in [5.74, 6) is -0.705. The van der Waals surface area contributed by atoms with E-state index in [0.29, 0.717) is 21.4 Å². The molecule has 3 aromatic carbocycles. The van der Waals surface area contributed by atoms with Gasteiger partial charge in [0.2, 0.25) is 0 Å². The van der Waals surface area contributed by atoms with Crippen LogP contribution in [0.3, 0.4) is 0 Å². The maximum absolute atomic E-state index is 14.0. The number of rotatable bonds is 6. The van der Waals surface area contributed by atoms with E-state index in [9.17, 15) is 19.3 Å². The molecule has 0 unspecified atom stereocenters. The molecule has 0 radical (unpaired) electrons. The van der Waals surface area contributed by atoms with Crippen LogP contribution in [0, 0.1) is 15.9 Å². The first-order chi connectivity index (χ1) is 13.9. The molecule has 1 N–H and O–H groups in total. The van der Waals surface area contributed by atoms with Gasteiger partial charge in [-0.15, -0.1) is 0 Å². The number of carbonyl (C=O) groups is 1. The second-order valence-corrected chi connectivity index (χ2v) is 7.29. The van der Waals surface area contributed by atoms with Crippen molar-refractivity contribution in [1.29, 1.82) is 0 Å². The predicted molar refractivity (Wildman–Crippen MR) is 110 cm³/mol. The number of non-ortho nitro benzene ring substituents is 1. The van der Waals surface area contributed by atoms with E-state index in [4.69, 9.17) is 16.3 Å². The van der Waals surface area contributed by atoms with Crippen molar-refractivity contribution in [1.82, 2.24) is 0 Å². The van der Waals surface area contributed by atoms with Crippen LogP contribution in [-0.2, 0) is 0 Å². The van der Waals surface area contributed by atoms with Gasteiger partial charge in [-0.1, -0.05) is 35.5 Å². The molecule has 0 fully saturated rings. The number of halogens is 2. The molecule has 0 aliphatic carbocycles. The zero-order chi connectivity index (χ0) is 21.0. The van der Waals surface area contributed by atoms with Crippen LogP contribution < -0.4 is 10.1 Å². The molecule has 9 heteroatoms. The number of nitrogens with one attached hydrogen (secondary N) is 1. The van der Waals surface area contributed by atoms with Crippen LogP contribution in [0.25, 0.3) is 0 Å². The monoisotopic (exact) mass is 432 g/mol. The van der Waals surface area contributed by atoms with Gasteiger partial charge in [0.05, 0.1) is 23.3 Å². The molecule has 29 heavy (non-hydrogen) atoms. The fourth-order valence-electron chi connectivity index (χ4n) is 2.51. The second kappa shape index (κ2) is 8.93. The lowest BCUT2D eigenvalue weighted by Gasteiger charge is -2.13. The quantitative estimate of drug-likeness (QED) is 0.393. The summed E-state index contributed by atoms with van der Waals surface area (Å²) in [7, 11) is 1.44. The Bertz CT molecular complexity index is 1090. The van der Waals surface area contributed by atoms with Crippen LogP contribution >= 0.6 is 23.4 Å². The van der Waals surface area contributed by atoms with Crippen LogP contribution in [0.1, 0.15) is 10.4 Å². The normalized spacial score (nSPS) is 10.4. The number of hydrogen-bond donors (Lipinski definition) is 1. The summed E-state index contributed by atoms with van der Waals surface area (Å²) in [5, 5.41) is 14.2. The van der Waals surface area contributed by atoms with Crippen LogP contribution in [0.2, 0.25) is 5.02 Å². The van der Waals surface area contributed by atoms with Crippen LogP contribution in [0.5, 0.6) is 5.75 Å². The number of nitro benzene ring substituents is 1. The van der Waals surface area contributed by atoms with Gasteiger partial charge in [0, 0.05) is 26.9 Å². The number of ether oxygens (including phenoxy) is 1. The van der Waals surface area contributed by atoms with Crippen LogP contribution in [0.15, 0.2) is 70.5 Å². The number of benzene rings is 3. The van der Waals surface area contributed by atoms with Gasteiger partial charge in [0.25, 0.3) is 11.6 Å². The van der Waals surface area contributed by atoms with Gasteiger partial charge < -0.3 is 10.1 Å². The largest absolute Gasteiger partial charge is 0.495 e. The van der Waals surface area contributed by atoms with Crippen molar-refractivity contribution in [3.63, 3.8) is 0 Å². The summed E-state index contributed by atoms with van der Waals surface area (Å²) in [6, 6.07) is 14.6. The first-order valence-corrected chi connectivity index (χ1v) is 9.44. The van der Waals surface area contributed by atoms with E-state index < -0.39 is 16.6 Å². The Labute approximate surface area is 174 Å². The molecule has 0 aliphatic rings. The van der Waals surface area contributed by atoms with Crippen LogP contribution in [0.4, 0.5) is 15.8 Å². The van der Waals surface area contributed by atoms with Crippen molar-refractivity contribution in [2.45, 2.75) is 9.79 Å². The Kier molecular flexibility index (Phi) is 6.36. The summed E-state index contributed by atoms with van der Waals surface area (Å²) >= 11 is 6.98. The molecule has 0 bridgehead atoms. The number of nitrogens with zero attached hydrogens (tertiary/aromatic N) is 1. The number of amides is 1. The van der Waals surface area contributed by atoms with E-state index in [0.717, 1.165) is 17.8 Å². The fraction of sp³-hybridized carbons (Fsp3) is 0.0500. The minimum Gasteiger partial charge on any atom is -0.495 e. The summed E-state index contributed by atoms with van der Waals surface area (Å²) in [6.45, 7) is 0. The van der Waals surface area contributed by atoms with Crippen molar-refractivity contribution in [3.8, 4) is 5.75 Å². The molecule has 3 rings (SSSR count). The van der Waals surface area contributed by atoms with Gasteiger partial charge in [-0.05, 0) is 36.4 Å². The standard InChI is InChI=1S/C20H14ClFN2O4S/c1-28-17-8-6-12(21)10-16(17)23-20(25)14-11-13(24(26)27)7-9-18(14)29-19-5-3-2-4-15(19)22/h2-11H,1H3,(H,23,25). The number of nitro groups is 1. The molecule has 0 saturated carbocycles. The number of hydrogen-bond acceptors (Lipinski definition) is 5. The molecular formula is C20H14ClFN2O4S. The molecule has 0 aromatic heterocycles. The smallest absolute Gasteiger partial charge is 0.270 e. The molecule has 1 amide bonds. The molecule has 6 nitrogen and oxygen atoms in total. The Hall–Kier alpha value is -3.10. The molecule has 0 saturated heterocycles. The minimum absolute atomic E-state index is 0.0227. The predicted octanol–water partition coefficient (Wildman–Crippen LogP) is 5.80. The highest BCUT2D eigenvalue weighted by Crippen LogP contribution is 2.35. The Balaban J connectivity index is 2.00. The van der Waals surface area contributed by atoms with E-state index >= 15 is 0 Å². The highest BCUT2D eigenvalue weighted by molar-refractivity contribution is 7.99. The van der Waals surface area contributed by atoms with Crippen molar-refractivity contribution in [2.24, 2.45) is 0 Å². The molecule has 0 heterocycles. The molecular weight excluding hydrogens is 419 g/mol. The lowest BCUT2D eigenvalue weighted by atomic mass is 10.1. The molecule has 0 atom stereocenters. The Morgan fingerprint density at radius 1 is 1.14 bits per heavy atom. The summed E-state index contributed by atoms with van der Waals surface area (Å²) in [4.78, 5) is 24.1. The van der Waals surface area contributed by atoms with E-state index in [-0.39, 0.29) is 16.1 Å². The molecule has 0 spiro atoms. The average Bonchev–Trinajstić information content (AvgIpc) is 2.70. The fourth-order valence-corrected chi connectivity index (χ4v) is 3.63. The van der Waals surface area contributed by atoms with Gasteiger partial charge in [0.1, 0.15) is 11.6 Å². The Morgan fingerprint density at radius 3 is 2.59 bits per heavy atom. The maximum Gasteiger partial charge on any atom is 0.270 e. The van der Waals surface area contributed by atoms with Crippen molar-refractivity contribution < 1.29 is 18.8 Å². The van der Waals surface area contributed by atoms with Crippen molar-refractivity contribution in [2.75, 3.05) is 12.4 Å². The third-order valence-corrected chi connectivity index (χ3v) is 5.25. The average molecular weight is 433 g/mol. The van der Waals surface area contributed by atoms with Crippen molar-refractivity contribution >= 4 is 40.6 Å². The molecule has 0 aliphatic heterocycles. The van der Waals surface area contributed by atoms with Crippen molar-refractivity contribution in [3.05, 3.63) is 87.2 Å². The number of methoxy groups -OCH3 is 1. The third kappa shape index (κ3) is 4.85. The third-order valence-electron chi connectivity index (χ3n) is 3.88. The number of anilines is 1. The SMILES string of the molecule is COc1ccc(Cl)cc1NC(=O)c1cc([N+](=O)[O-])ccc1Sc1ccccc1F. The van der Waals surface area contributed by atoms with E-state index in [1.807, 2.05) is 0 Å². The summed E-state index contributed by atoms with van der Waals surface area (Å²) in [5.41, 5.74) is 0.0684. The van der Waals surface area contributed by atoms with Crippen LogP contribution in [-0.4, -0.2) is 17.9 Å². The van der Waals surface area contributed by atoms with Gasteiger partial charge in [0.15, 0.2) is 0 Å². The van der Waals surface area contributed by atoms with Gasteiger partial charge >= 0.3 is 0 Å². The number of carbonyl (C=O) groups excluding carboxylic acids is 1. The zero-order valence-electron chi connectivity index (χ0n) is 15.0. The molecule has 148 valence electrons. The highest BCUT2D eigenvalue weighted by Gasteiger charge is 2.20. The maximum atomic E-state index is 14.0. The first-order valence-electron chi connectivity index (χ1n) is 8.24. The first kappa shape index (κ1) is 20.6. The minimum atomic E-state index is -0.617. The van der Waals surface area contributed by atoms with E-state index in [1.165, 1.54) is 31.4 Å². The van der Waals surface area contributed by atoms with E-state index in [2.05, 4.69) is 5.32 Å². The lowest BCUT2D eigenvalue weighted by Crippen LogP contribution is -2.14. The van der Waals surface area contributed by atoms with Gasteiger partial charge in [-0.2, -0.15) is 0 Å². The summed E-state index contributed by atoms with van der Waals surface area (Å²) < 4.78 is 19.2. The molecule has 3 aromatic rings. The lowest BCUT2D eigenvalue weighted by molar-refractivity contribution is -0.384.